The Morgan fingerprint density at radius 2 is 1.67 bits per heavy atom. The Bertz CT molecular complexity index is 533. The van der Waals surface area contributed by atoms with Crippen LogP contribution in [0, 0.1) is 22.5 Å². The van der Waals surface area contributed by atoms with Crippen LogP contribution >= 0.6 is 0 Å². The van der Waals surface area contributed by atoms with E-state index in [0.717, 1.165) is 12.1 Å². The van der Waals surface area contributed by atoms with Gasteiger partial charge in [0, 0.05) is 28.5 Å². The van der Waals surface area contributed by atoms with E-state index < -0.39 is 17.5 Å². The van der Waals surface area contributed by atoms with E-state index in [2.05, 4.69) is 5.32 Å². The first-order valence-corrected chi connectivity index (χ1v) is 7.06. The second-order valence-corrected chi connectivity index (χ2v) is 7.00. The van der Waals surface area contributed by atoms with Crippen LogP contribution in [0.25, 0.3) is 0 Å². The summed E-state index contributed by atoms with van der Waals surface area (Å²) in [5, 5.41) is 2.88. The molecule has 3 N–H and O–H groups in total. The van der Waals surface area contributed by atoms with Crippen molar-refractivity contribution in [3.05, 3.63) is 35.4 Å². The first kappa shape index (κ1) is 15.9. The fourth-order valence-electron chi connectivity index (χ4n) is 3.63. The van der Waals surface area contributed by atoms with Gasteiger partial charge in [-0.3, -0.25) is 4.79 Å². The molecule has 0 atom stereocenters. The third-order valence-corrected chi connectivity index (χ3v) is 4.80. The van der Waals surface area contributed by atoms with Gasteiger partial charge in [0.15, 0.2) is 0 Å². The highest BCUT2D eigenvalue weighted by Gasteiger charge is 2.60. The Balaban J connectivity index is 2.10. The highest BCUT2D eigenvalue weighted by molar-refractivity contribution is 5.79. The number of amides is 1. The SMILES string of the molecule is CC1(C)C(N)C(C)(C)C1NC(=O)Cc1c(F)cccc1F. The van der Waals surface area contributed by atoms with Crippen molar-refractivity contribution in [2.24, 2.45) is 16.6 Å². The second kappa shape index (κ2) is 5.05. The van der Waals surface area contributed by atoms with E-state index in [1.54, 1.807) is 0 Å². The highest BCUT2D eigenvalue weighted by Crippen LogP contribution is 2.52. The van der Waals surface area contributed by atoms with Crippen molar-refractivity contribution in [1.29, 1.82) is 0 Å². The van der Waals surface area contributed by atoms with E-state index in [1.165, 1.54) is 6.07 Å². The van der Waals surface area contributed by atoms with Crippen LogP contribution in [0.5, 0.6) is 0 Å². The molecule has 1 aromatic carbocycles. The van der Waals surface area contributed by atoms with Crippen molar-refractivity contribution in [3.63, 3.8) is 0 Å². The topological polar surface area (TPSA) is 55.1 Å². The van der Waals surface area contributed by atoms with E-state index >= 15 is 0 Å². The zero-order valence-electron chi connectivity index (χ0n) is 12.8. The van der Waals surface area contributed by atoms with E-state index in [9.17, 15) is 13.6 Å². The van der Waals surface area contributed by atoms with Gasteiger partial charge in [-0.15, -0.1) is 0 Å². The zero-order valence-corrected chi connectivity index (χ0v) is 12.8. The maximum absolute atomic E-state index is 13.6. The van der Waals surface area contributed by atoms with Crippen LogP contribution in [-0.2, 0) is 11.2 Å². The Kier molecular flexibility index (Phi) is 3.82. The van der Waals surface area contributed by atoms with Gasteiger partial charge in [-0.2, -0.15) is 0 Å². The van der Waals surface area contributed by atoms with Crippen molar-refractivity contribution in [3.8, 4) is 0 Å². The van der Waals surface area contributed by atoms with Crippen molar-refractivity contribution < 1.29 is 13.6 Å². The summed E-state index contributed by atoms with van der Waals surface area (Å²) in [6.45, 7) is 7.93. The van der Waals surface area contributed by atoms with Crippen LogP contribution in [0.2, 0.25) is 0 Å². The number of hydrogen-bond donors (Lipinski definition) is 2. The van der Waals surface area contributed by atoms with Crippen molar-refractivity contribution in [2.45, 2.75) is 46.2 Å². The molecule has 116 valence electrons. The highest BCUT2D eigenvalue weighted by atomic mass is 19.1. The quantitative estimate of drug-likeness (QED) is 0.900. The molecule has 1 aromatic rings. The third kappa shape index (κ3) is 2.55. The fraction of sp³-hybridized carbons (Fsp3) is 0.562. The molecular weight excluding hydrogens is 274 g/mol. The van der Waals surface area contributed by atoms with Gasteiger partial charge in [-0.1, -0.05) is 33.8 Å². The lowest BCUT2D eigenvalue weighted by atomic mass is 9.48. The summed E-state index contributed by atoms with van der Waals surface area (Å²) in [6, 6.07) is 3.42. The molecule has 2 rings (SSSR count). The van der Waals surface area contributed by atoms with Gasteiger partial charge < -0.3 is 11.1 Å². The minimum Gasteiger partial charge on any atom is -0.352 e. The summed E-state index contributed by atoms with van der Waals surface area (Å²) in [5.74, 6) is -1.79. The average Bonchev–Trinajstić information content (AvgIpc) is 2.39. The van der Waals surface area contributed by atoms with E-state index in [1.807, 2.05) is 27.7 Å². The van der Waals surface area contributed by atoms with Crippen LogP contribution in [0.3, 0.4) is 0 Å². The third-order valence-electron chi connectivity index (χ3n) is 4.80. The van der Waals surface area contributed by atoms with Crippen LogP contribution in [0.15, 0.2) is 18.2 Å². The van der Waals surface area contributed by atoms with Crippen LogP contribution in [0.1, 0.15) is 33.3 Å². The molecule has 1 aliphatic carbocycles. The summed E-state index contributed by atoms with van der Waals surface area (Å²) >= 11 is 0. The minimum atomic E-state index is -0.700. The van der Waals surface area contributed by atoms with Gasteiger partial charge in [-0.05, 0) is 12.1 Å². The minimum absolute atomic E-state index is 0.0412. The van der Waals surface area contributed by atoms with E-state index in [0.29, 0.717) is 0 Å². The van der Waals surface area contributed by atoms with E-state index in [-0.39, 0.29) is 34.9 Å². The van der Waals surface area contributed by atoms with Gasteiger partial charge in [0.2, 0.25) is 5.91 Å². The largest absolute Gasteiger partial charge is 0.352 e. The summed E-state index contributed by atoms with van der Waals surface area (Å²) in [5.41, 5.74) is 5.44. The monoisotopic (exact) mass is 296 g/mol. The Morgan fingerprint density at radius 1 is 1.19 bits per heavy atom. The molecule has 1 amide bonds. The molecule has 1 fully saturated rings. The van der Waals surface area contributed by atoms with Crippen LogP contribution in [0.4, 0.5) is 8.78 Å². The van der Waals surface area contributed by atoms with Gasteiger partial charge >= 0.3 is 0 Å². The number of carbonyl (C=O) groups excluding carboxylic acids is 1. The Hall–Kier alpha value is -1.49. The Labute approximate surface area is 123 Å². The van der Waals surface area contributed by atoms with Crippen molar-refractivity contribution >= 4 is 5.91 Å². The predicted molar refractivity (Wildman–Crippen MR) is 77.5 cm³/mol. The van der Waals surface area contributed by atoms with Gasteiger partial charge in [0.05, 0.1) is 6.42 Å². The first-order valence-electron chi connectivity index (χ1n) is 7.06. The maximum Gasteiger partial charge on any atom is 0.224 e. The van der Waals surface area contributed by atoms with Gasteiger partial charge in [-0.25, -0.2) is 8.78 Å². The molecule has 0 bridgehead atoms. The molecular formula is C16H22F2N2O. The molecule has 0 aromatic heterocycles. The molecule has 3 nitrogen and oxygen atoms in total. The number of nitrogens with one attached hydrogen (secondary N) is 1. The molecule has 0 heterocycles. The fourth-order valence-corrected chi connectivity index (χ4v) is 3.63. The first-order chi connectivity index (χ1) is 9.58. The smallest absolute Gasteiger partial charge is 0.224 e. The number of nitrogens with two attached hydrogens (primary N) is 1. The molecule has 5 heteroatoms. The molecule has 21 heavy (non-hydrogen) atoms. The second-order valence-electron chi connectivity index (χ2n) is 7.00. The van der Waals surface area contributed by atoms with Crippen molar-refractivity contribution in [1.82, 2.24) is 5.32 Å². The normalized spacial score (nSPS) is 26.0. The number of carbonyl (C=O) groups is 1. The molecule has 0 aliphatic heterocycles. The zero-order chi connectivity index (χ0) is 16.0. The van der Waals surface area contributed by atoms with Crippen LogP contribution < -0.4 is 11.1 Å². The summed E-state index contributed by atoms with van der Waals surface area (Å²) in [7, 11) is 0. The van der Waals surface area contributed by atoms with Crippen LogP contribution in [-0.4, -0.2) is 18.0 Å². The number of benzene rings is 1. The molecule has 0 saturated heterocycles. The number of halogens is 2. The predicted octanol–water partition coefficient (Wildman–Crippen LogP) is 2.39. The lowest BCUT2D eigenvalue weighted by molar-refractivity contribution is -0.131. The maximum atomic E-state index is 13.6. The molecule has 1 saturated carbocycles. The molecule has 0 unspecified atom stereocenters. The average molecular weight is 296 g/mol. The number of hydrogen-bond acceptors (Lipinski definition) is 2. The summed E-state index contributed by atoms with van der Waals surface area (Å²) in [6.07, 6.45) is -0.309. The summed E-state index contributed by atoms with van der Waals surface area (Å²) < 4.78 is 27.1. The summed E-state index contributed by atoms with van der Waals surface area (Å²) in [4.78, 5) is 12.1. The Morgan fingerprint density at radius 3 is 2.14 bits per heavy atom. The standard InChI is InChI=1S/C16H22F2N2O/c1-15(2)13(19)16(3,4)14(15)20-12(21)8-9-10(17)6-5-7-11(9)18/h5-7,13-14H,8,19H2,1-4H3,(H,20,21). The lowest BCUT2D eigenvalue weighted by Crippen LogP contribution is -2.76. The van der Waals surface area contributed by atoms with Crippen molar-refractivity contribution in [2.75, 3.05) is 0 Å². The van der Waals surface area contributed by atoms with E-state index in [4.69, 9.17) is 5.73 Å². The molecule has 0 radical (unpaired) electrons. The number of rotatable bonds is 3. The molecule has 0 spiro atoms. The van der Waals surface area contributed by atoms with Gasteiger partial charge in [0.1, 0.15) is 11.6 Å². The molecule has 1 aliphatic rings. The van der Waals surface area contributed by atoms with Gasteiger partial charge in [0.25, 0.3) is 0 Å². The lowest BCUT2D eigenvalue weighted by Gasteiger charge is -2.62.